The fraction of sp³-hybridized carbons (Fsp3) is 1.00. The van der Waals surface area contributed by atoms with Crippen LogP contribution in [0.4, 0.5) is 0 Å². The summed E-state index contributed by atoms with van der Waals surface area (Å²) in [6.45, 7) is 6.32. The van der Waals surface area contributed by atoms with Crippen LogP contribution in [0.15, 0.2) is 0 Å². The molecule has 0 radical (unpaired) electrons. The van der Waals surface area contributed by atoms with Gasteiger partial charge >= 0.3 is 0 Å². The standard InChI is InChI=1S/C19H39NO/c1-18(2)21-17-13-12-16-20-19-14-10-8-6-4-3-5-7-9-11-15-19/h18-20H,3-17H2,1-2H3. The molecule has 0 spiro atoms. The molecule has 0 aromatic carbocycles. The van der Waals surface area contributed by atoms with Crippen LogP contribution in [0, 0.1) is 0 Å². The fourth-order valence-corrected chi connectivity index (χ4v) is 3.22. The molecule has 0 aliphatic heterocycles. The Kier molecular flexibility index (Phi) is 12.3. The summed E-state index contributed by atoms with van der Waals surface area (Å²) in [5, 5.41) is 3.81. The van der Waals surface area contributed by atoms with Gasteiger partial charge in [-0.2, -0.15) is 0 Å². The van der Waals surface area contributed by atoms with Gasteiger partial charge in [-0.15, -0.1) is 0 Å². The molecule has 0 heterocycles. The fourth-order valence-electron chi connectivity index (χ4n) is 3.22. The molecule has 2 heteroatoms. The molecule has 0 aromatic rings. The van der Waals surface area contributed by atoms with Gasteiger partial charge in [0.1, 0.15) is 0 Å². The Labute approximate surface area is 133 Å². The lowest BCUT2D eigenvalue weighted by Gasteiger charge is -2.19. The van der Waals surface area contributed by atoms with Crippen molar-refractivity contribution in [2.24, 2.45) is 0 Å². The maximum Gasteiger partial charge on any atom is 0.0518 e. The van der Waals surface area contributed by atoms with Gasteiger partial charge < -0.3 is 10.1 Å². The molecule has 21 heavy (non-hydrogen) atoms. The van der Waals surface area contributed by atoms with E-state index >= 15 is 0 Å². The van der Waals surface area contributed by atoms with Crippen molar-refractivity contribution in [1.82, 2.24) is 5.32 Å². The summed E-state index contributed by atoms with van der Waals surface area (Å²) in [5.41, 5.74) is 0. The van der Waals surface area contributed by atoms with E-state index in [0.717, 1.165) is 12.6 Å². The van der Waals surface area contributed by atoms with Crippen LogP contribution in [0.1, 0.15) is 97.3 Å². The molecular weight excluding hydrogens is 258 g/mol. The summed E-state index contributed by atoms with van der Waals surface area (Å²) in [4.78, 5) is 0. The Bertz CT molecular complexity index is 206. The zero-order chi connectivity index (χ0) is 15.2. The predicted molar refractivity (Wildman–Crippen MR) is 92.9 cm³/mol. The largest absolute Gasteiger partial charge is 0.379 e. The Morgan fingerprint density at radius 2 is 1.33 bits per heavy atom. The molecular formula is C19H39NO. The SMILES string of the molecule is CC(C)OCCCCNC1CCCCCCCCCCC1. The quantitative estimate of drug-likeness (QED) is 0.630. The second-order valence-corrected chi connectivity index (χ2v) is 7.04. The molecule has 0 amide bonds. The summed E-state index contributed by atoms with van der Waals surface area (Å²) in [7, 11) is 0. The molecule has 0 aromatic heterocycles. The number of nitrogens with one attached hydrogen (secondary N) is 1. The predicted octanol–water partition coefficient (Wildman–Crippen LogP) is 5.45. The van der Waals surface area contributed by atoms with Crippen molar-refractivity contribution >= 4 is 0 Å². The van der Waals surface area contributed by atoms with Crippen LogP contribution in [0.25, 0.3) is 0 Å². The van der Waals surface area contributed by atoms with Crippen molar-refractivity contribution in [1.29, 1.82) is 0 Å². The monoisotopic (exact) mass is 297 g/mol. The number of ether oxygens (including phenoxy) is 1. The van der Waals surface area contributed by atoms with E-state index in [9.17, 15) is 0 Å². The highest BCUT2D eigenvalue weighted by atomic mass is 16.5. The minimum absolute atomic E-state index is 0.379. The Balaban J connectivity index is 2.07. The van der Waals surface area contributed by atoms with Crippen LogP contribution in [0.5, 0.6) is 0 Å². The lowest BCUT2D eigenvalue weighted by molar-refractivity contribution is 0.0759. The third-order valence-corrected chi connectivity index (χ3v) is 4.56. The Morgan fingerprint density at radius 1 is 0.810 bits per heavy atom. The summed E-state index contributed by atoms with van der Waals surface area (Å²) in [6.07, 6.45) is 18.7. The molecule has 1 saturated carbocycles. The van der Waals surface area contributed by atoms with Gasteiger partial charge in [0.2, 0.25) is 0 Å². The summed E-state index contributed by atoms with van der Waals surface area (Å²) < 4.78 is 5.60. The van der Waals surface area contributed by atoms with Crippen LogP contribution in [0.2, 0.25) is 0 Å². The van der Waals surface area contributed by atoms with Gasteiger partial charge in [-0.1, -0.05) is 57.8 Å². The lowest BCUT2D eigenvalue weighted by Crippen LogP contribution is -2.30. The number of hydrogen-bond acceptors (Lipinski definition) is 2. The van der Waals surface area contributed by atoms with Crippen LogP contribution in [-0.4, -0.2) is 25.3 Å². The lowest BCUT2D eigenvalue weighted by atomic mass is 9.98. The molecule has 0 saturated heterocycles. The third-order valence-electron chi connectivity index (χ3n) is 4.56. The summed E-state index contributed by atoms with van der Waals surface area (Å²) >= 11 is 0. The van der Waals surface area contributed by atoms with E-state index in [2.05, 4.69) is 19.2 Å². The molecule has 1 aliphatic carbocycles. The maximum atomic E-state index is 5.60. The number of hydrogen-bond donors (Lipinski definition) is 1. The first kappa shape index (κ1) is 19.0. The second kappa shape index (κ2) is 13.6. The smallest absolute Gasteiger partial charge is 0.0518 e. The van der Waals surface area contributed by atoms with Crippen molar-refractivity contribution in [2.75, 3.05) is 13.2 Å². The summed E-state index contributed by atoms with van der Waals surface area (Å²) in [6, 6.07) is 0.774. The van der Waals surface area contributed by atoms with E-state index in [0.29, 0.717) is 6.10 Å². The highest BCUT2D eigenvalue weighted by Gasteiger charge is 2.08. The molecule has 1 rings (SSSR count). The van der Waals surface area contributed by atoms with Gasteiger partial charge in [-0.05, 0) is 46.1 Å². The van der Waals surface area contributed by atoms with Crippen molar-refractivity contribution in [3.8, 4) is 0 Å². The average Bonchev–Trinajstić information content (AvgIpc) is 2.44. The first-order valence-corrected chi connectivity index (χ1v) is 9.64. The molecule has 0 unspecified atom stereocenters. The van der Waals surface area contributed by atoms with E-state index < -0.39 is 0 Å². The minimum Gasteiger partial charge on any atom is -0.379 e. The van der Waals surface area contributed by atoms with Gasteiger partial charge in [0, 0.05) is 12.6 Å². The first-order chi connectivity index (χ1) is 10.3. The van der Waals surface area contributed by atoms with Crippen LogP contribution in [0.3, 0.4) is 0 Å². The van der Waals surface area contributed by atoms with Crippen molar-refractivity contribution < 1.29 is 4.74 Å². The van der Waals surface area contributed by atoms with Gasteiger partial charge in [0.15, 0.2) is 0 Å². The van der Waals surface area contributed by atoms with Crippen molar-refractivity contribution in [2.45, 2.75) is 109 Å². The van der Waals surface area contributed by atoms with Crippen LogP contribution < -0.4 is 5.32 Å². The van der Waals surface area contributed by atoms with Crippen molar-refractivity contribution in [3.63, 3.8) is 0 Å². The highest BCUT2D eigenvalue weighted by molar-refractivity contribution is 4.68. The molecule has 1 N–H and O–H groups in total. The van der Waals surface area contributed by atoms with Gasteiger partial charge in [-0.3, -0.25) is 0 Å². The van der Waals surface area contributed by atoms with Gasteiger partial charge in [0.25, 0.3) is 0 Å². The molecule has 1 fully saturated rings. The Hall–Kier alpha value is -0.0800. The molecule has 1 aliphatic rings. The zero-order valence-corrected chi connectivity index (χ0v) is 14.7. The molecule has 0 atom stereocenters. The number of unbranched alkanes of at least 4 members (excludes halogenated alkanes) is 1. The Morgan fingerprint density at radius 3 is 1.86 bits per heavy atom. The van der Waals surface area contributed by atoms with Crippen LogP contribution in [-0.2, 0) is 4.74 Å². The van der Waals surface area contributed by atoms with E-state index in [4.69, 9.17) is 4.74 Å². The second-order valence-electron chi connectivity index (χ2n) is 7.04. The normalized spacial score (nSPS) is 20.1. The van der Waals surface area contributed by atoms with Crippen LogP contribution >= 0.6 is 0 Å². The van der Waals surface area contributed by atoms with E-state index in [1.54, 1.807) is 0 Å². The average molecular weight is 298 g/mol. The first-order valence-electron chi connectivity index (χ1n) is 9.64. The van der Waals surface area contributed by atoms with Gasteiger partial charge in [0.05, 0.1) is 6.10 Å². The van der Waals surface area contributed by atoms with E-state index in [1.165, 1.54) is 90.0 Å². The van der Waals surface area contributed by atoms with E-state index in [1.807, 2.05) is 0 Å². The maximum absolute atomic E-state index is 5.60. The number of rotatable bonds is 7. The molecule has 2 nitrogen and oxygen atoms in total. The minimum atomic E-state index is 0.379. The third kappa shape index (κ3) is 12.2. The zero-order valence-electron chi connectivity index (χ0n) is 14.7. The molecule has 0 bridgehead atoms. The topological polar surface area (TPSA) is 21.3 Å². The van der Waals surface area contributed by atoms with Crippen molar-refractivity contribution in [3.05, 3.63) is 0 Å². The van der Waals surface area contributed by atoms with Gasteiger partial charge in [-0.25, -0.2) is 0 Å². The highest BCUT2D eigenvalue weighted by Crippen LogP contribution is 2.17. The molecule has 126 valence electrons. The van der Waals surface area contributed by atoms with E-state index in [-0.39, 0.29) is 0 Å². The summed E-state index contributed by atoms with van der Waals surface area (Å²) in [5.74, 6) is 0.